The number of nitrogens with one attached hydrogen (secondary N) is 1. The quantitative estimate of drug-likeness (QED) is 0.738. The second-order valence-electron chi connectivity index (χ2n) is 6.69. The van der Waals surface area contributed by atoms with Crippen molar-refractivity contribution in [2.45, 2.75) is 40.7 Å². The van der Waals surface area contributed by atoms with Crippen LogP contribution in [0.3, 0.4) is 0 Å². The first-order valence-corrected chi connectivity index (χ1v) is 9.54. The molecule has 0 unspecified atom stereocenters. The van der Waals surface area contributed by atoms with E-state index in [-0.39, 0.29) is 24.4 Å². The minimum Gasteiger partial charge on any atom is -0.317 e. The molecule has 5 nitrogen and oxygen atoms in total. The van der Waals surface area contributed by atoms with E-state index in [1.807, 2.05) is 45.9 Å². The molecule has 3 aromatic rings. The second kappa shape index (κ2) is 7.37. The Bertz CT molecular complexity index is 1150. The van der Waals surface area contributed by atoms with Gasteiger partial charge in [0.05, 0.1) is 11.1 Å². The van der Waals surface area contributed by atoms with Crippen molar-refractivity contribution in [1.82, 2.24) is 4.57 Å². The predicted molar refractivity (Wildman–Crippen MR) is 109 cm³/mol. The average Bonchev–Trinajstić information content (AvgIpc) is 2.88. The number of anilines is 1. The number of aromatic nitrogens is 1. The number of thiophene rings is 1. The van der Waals surface area contributed by atoms with Gasteiger partial charge in [-0.1, -0.05) is 18.2 Å². The third-order valence-electron chi connectivity index (χ3n) is 4.85. The first-order chi connectivity index (χ1) is 12.8. The second-order valence-corrected chi connectivity index (χ2v) is 7.91. The fourth-order valence-electron chi connectivity index (χ4n) is 3.26. The fraction of sp³-hybridized carbons (Fsp3) is 0.286. The number of rotatable bonds is 4. The number of pyridine rings is 1. The Balaban J connectivity index is 1.86. The van der Waals surface area contributed by atoms with Gasteiger partial charge in [-0.3, -0.25) is 9.59 Å². The molecule has 0 saturated heterocycles. The first kappa shape index (κ1) is 18.9. The molecule has 0 bridgehead atoms. The van der Waals surface area contributed by atoms with E-state index in [0.717, 1.165) is 32.5 Å². The molecule has 0 atom stereocenters. The summed E-state index contributed by atoms with van der Waals surface area (Å²) in [4.78, 5) is 26.0. The standard InChI is InChI=1S/C21H21N3O2S/c1-12-6-5-7-16-13(2)10-19(26)24(20(12)16)9-8-18(25)23-21-17(11-22)14(3)15(4)27-21/h5-7,10H,8-9H2,1-4H3,(H,23,25). The van der Waals surface area contributed by atoms with Gasteiger partial charge in [-0.2, -0.15) is 5.26 Å². The van der Waals surface area contributed by atoms with Crippen LogP contribution in [0.1, 0.15) is 33.6 Å². The summed E-state index contributed by atoms with van der Waals surface area (Å²) >= 11 is 1.40. The molecular weight excluding hydrogens is 358 g/mol. The van der Waals surface area contributed by atoms with Crippen LogP contribution in [0.15, 0.2) is 29.1 Å². The summed E-state index contributed by atoms with van der Waals surface area (Å²) in [5.74, 6) is -0.207. The summed E-state index contributed by atoms with van der Waals surface area (Å²) in [6.07, 6.45) is 0.160. The van der Waals surface area contributed by atoms with Crippen molar-refractivity contribution < 1.29 is 4.79 Å². The zero-order valence-electron chi connectivity index (χ0n) is 15.8. The summed E-state index contributed by atoms with van der Waals surface area (Å²) in [5, 5.41) is 13.7. The number of para-hydroxylation sites is 1. The Morgan fingerprint density at radius 1 is 1.22 bits per heavy atom. The number of nitrogens with zero attached hydrogens (tertiary/aromatic N) is 2. The molecule has 27 heavy (non-hydrogen) atoms. The highest BCUT2D eigenvalue weighted by atomic mass is 32.1. The van der Waals surface area contributed by atoms with Gasteiger partial charge in [0, 0.05) is 29.3 Å². The van der Waals surface area contributed by atoms with E-state index in [9.17, 15) is 14.9 Å². The lowest BCUT2D eigenvalue weighted by molar-refractivity contribution is -0.116. The summed E-state index contributed by atoms with van der Waals surface area (Å²) in [7, 11) is 0. The van der Waals surface area contributed by atoms with Gasteiger partial charge in [-0.05, 0) is 44.4 Å². The number of hydrogen-bond donors (Lipinski definition) is 1. The van der Waals surface area contributed by atoms with Crippen molar-refractivity contribution in [2.75, 3.05) is 5.32 Å². The molecule has 2 heterocycles. The molecule has 1 amide bonds. The van der Waals surface area contributed by atoms with Crippen LogP contribution in [-0.4, -0.2) is 10.5 Å². The van der Waals surface area contributed by atoms with Crippen molar-refractivity contribution >= 4 is 33.1 Å². The molecule has 0 aliphatic carbocycles. The van der Waals surface area contributed by atoms with Crippen molar-refractivity contribution in [3.05, 3.63) is 61.8 Å². The van der Waals surface area contributed by atoms with E-state index >= 15 is 0 Å². The zero-order chi connectivity index (χ0) is 19.7. The minimum absolute atomic E-state index is 0.109. The van der Waals surface area contributed by atoms with Crippen LogP contribution >= 0.6 is 11.3 Å². The maximum Gasteiger partial charge on any atom is 0.251 e. The molecule has 0 aliphatic rings. The van der Waals surface area contributed by atoms with Gasteiger partial charge in [-0.15, -0.1) is 11.3 Å². The summed E-state index contributed by atoms with van der Waals surface area (Å²) in [6, 6.07) is 9.69. The molecule has 0 radical (unpaired) electrons. The number of carbonyl (C=O) groups excluding carboxylic acids is 1. The Labute approximate surface area is 161 Å². The normalized spacial score (nSPS) is 10.8. The molecule has 0 saturated carbocycles. The van der Waals surface area contributed by atoms with Crippen molar-refractivity contribution in [3.8, 4) is 6.07 Å². The van der Waals surface area contributed by atoms with Crippen molar-refractivity contribution in [3.63, 3.8) is 0 Å². The van der Waals surface area contributed by atoms with Crippen molar-refractivity contribution in [1.29, 1.82) is 5.26 Å². The average molecular weight is 379 g/mol. The Hall–Kier alpha value is -2.91. The smallest absolute Gasteiger partial charge is 0.251 e. The number of nitriles is 1. The third-order valence-corrected chi connectivity index (χ3v) is 5.97. The van der Waals surface area contributed by atoms with Gasteiger partial charge in [0.25, 0.3) is 5.56 Å². The largest absolute Gasteiger partial charge is 0.317 e. The predicted octanol–water partition coefficient (Wildman–Crippen LogP) is 4.20. The van der Waals surface area contributed by atoms with Gasteiger partial charge in [0.15, 0.2) is 0 Å². The molecule has 138 valence electrons. The zero-order valence-corrected chi connectivity index (χ0v) is 16.7. The Morgan fingerprint density at radius 2 is 1.96 bits per heavy atom. The number of carbonyl (C=O) groups is 1. The highest BCUT2D eigenvalue weighted by Crippen LogP contribution is 2.31. The van der Waals surface area contributed by atoms with E-state index in [4.69, 9.17) is 0 Å². The van der Waals surface area contributed by atoms with Crippen LogP contribution in [0.4, 0.5) is 5.00 Å². The van der Waals surface area contributed by atoms with E-state index in [1.165, 1.54) is 11.3 Å². The number of hydrogen-bond acceptors (Lipinski definition) is 4. The molecule has 1 N–H and O–H groups in total. The van der Waals surface area contributed by atoms with Gasteiger partial charge >= 0.3 is 0 Å². The van der Waals surface area contributed by atoms with Crippen LogP contribution < -0.4 is 10.9 Å². The van der Waals surface area contributed by atoms with Crippen LogP contribution in [0.25, 0.3) is 10.9 Å². The SMILES string of the molecule is Cc1sc(NC(=O)CCn2c(=O)cc(C)c3cccc(C)c32)c(C#N)c1C. The molecule has 0 aliphatic heterocycles. The molecular formula is C21H21N3O2S. The highest BCUT2D eigenvalue weighted by Gasteiger charge is 2.15. The van der Waals surface area contributed by atoms with Gasteiger partial charge in [-0.25, -0.2) is 0 Å². The fourth-order valence-corrected chi connectivity index (χ4v) is 4.29. The van der Waals surface area contributed by atoms with E-state index in [0.29, 0.717) is 10.6 Å². The number of aryl methyl sites for hydroxylation is 4. The van der Waals surface area contributed by atoms with Crippen LogP contribution in [0.2, 0.25) is 0 Å². The molecule has 0 fully saturated rings. The number of benzene rings is 1. The lowest BCUT2D eigenvalue weighted by Crippen LogP contribution is -2.24. The maximum atomic E-state index is 12.5. The van der Waals surface area contributed by atoms with Gasteiger partial charge < -0.3 is 9.88 Å². The molecule has 1 aromatic carbocycles. The maximum absolute atomic E-state index is 12.5. The van der Waals surface area contributed by atoms with E-state index in [2.05, 4.69) is 11.4 Å². The van der Waals surface area contributed by atoms with E-state index in [1.54, 1.807) is 10.6 Å². The number of fused-ring (bicyclic) bond motifs is 1. The summed E-state index contributed by atoms with van der Waals surface area (Å²) < 4.78 is 1.66. The molecule has 2 aromatic heterocycles. The Kier molecular flexibility index (Phi) is 5.15. The highest BCUT2D eigenvalue weighted by molar-refractivity contribution is 7.16. The number of amides is 1. The topological polar surface area (TPSA) is 74.9 Å². The Morgan fingerprint density at radius 3 is 2.67 bits per heavy atom. The van der Waals surface area contributed by atoms with E-state index < -0.39 is 0 Å². The minimum atomic E-state index is -0.207. The summed E-state index contributed by atoms with van der Waals surface area (Å²) in [5.41, 5.74) is 4.11. The van der Waals surface area contributed by atoms with Gasteiger partial charge in [0.1, 0.15) is 11.1 Å². The molecule has 6 heteroatoms. The van der Waals surface area contributed by atoms with Gasteiger partial charge in [0.2, 0.25) is 5.91 Å². The summed E-state index contributed by atoms with van der Waals surface area (Å²) in [6.45, 7) is 7.98. The third kappa shape index (κ3) is 3.51. The van der Waals surface area contributed by atoms with Crippen LogP contribution in [-0.2, 0) is 11.3 Å². The van der Waals surface area contributed by atoms with Crippen LogP contribution in [0, 0.1) is 39.0 Å². The molecule has 3 rings (SSSR count). The lowest BCUT2D eigenvalue weighted by Gasteiger charge is -2.14. The monoisotopic (exact) mass is 379 g/mol. The van der Waals surface area contributed by atoms with Crippen LogP contribution in [0.5, 0.6) is 0 Å². The molecule has 0 spiro atoms. The first-order valence-electron chi connectivity index (χ1n) is 8.73. The lowest BCUT2D eigenvalue weighted by atomic mass is 10.1. The van der Waals surface area contributed by atoms with Crippen molar-refractivity contribution in [2.24, 2.45) is 0 Å².